The monoisotopic (exact) mass is 294 g/mol. The van der Waals surface area contributed by atoms with Crippen molar-refractivity contribution in [1.82, 2.24) is 10.2 Å². The lowest BCUT2D eigenvalue weighted by Gasteiger charge is -2.06. The third kappa shape index (κ3) is 4.40. The minimum Gasteiger partial charge on any atom is -0.384 e. The molecule has 2 rings (SSSR count). The zero-order chi connectivity index (χ0) is 13.7. The number of anilines is 2. The van der Waals surface area contributed by atoms with E-state index >= 15 is 0 Å². The van der Waals surface area contributed by atoms with E-state index < -0.39 is 0 Å². The third-order valence-electron chi connectivity index (χ3n) is 2.45. The van der Waals surface area contributed by atoms with Crippen LogP contribution in [0.25, 0.3) is 0 Å². The lowest BCUT2D eigenvalue weighted by molar-refractivity contribution is 0.972. The molecule has 0 aliphatic carbocycles. The normalized spacial score (nSPS) is 10.5. The number of aryl methyl sites for hydroxylation is 1. The van der Waals surface area contributed by atoms with Gasteiger partial charge in [0.1, 0.15) is 0 Å². The fraction of sp³-hybridized carbons (Fsp3) is 0.385. The molecular formula is C13H18N4S2. The van der Waals surface area contributed by atoms with Gasteiger partial charge in [0, 0.05) is 32.1 Å². The number of nitrogens with one attached hydrogen (secondary N) is 1. The highest BCUT2D eigenvalue weighted by atomic mass is 32.2. The predicted octanol–water partition coefficient (Wildman–Crippen LogP) is 3.12. The van der Waals surface area contributed by atoms with Gasteiger partial charge in [-0.1, -0.05) is 35.2 Å². The molecule has 0 saturated heterocycles. The molecule has 0 aliphatic rings. The van der Waals surface area contributed by atoms with Crippen LogP contribution in [0.2, 0.25) is 0 Å². The Morgan fingerprint density at radius 1 is 1.32 bits per heavy atom. The van der Waals surface area contributed by atoms with Crippen molar-refractivity contribution >= 4 is 33.9 Å². The number of hydrogen-bond donors (Lipinski definition) is 1. The summed E-state index contributed by atoms with van der Waals surface area (Å²) in [5, 5.41) is 12.6. The molecule has 4 nitrogen and oxygen atoms in total. The van der Waals surface area contributed by atoms with E-state index in [0.29, 0.717) is 0 Å². The fourth-order valence-electron chi connectivity index (χ4n) is 1.53. The third-order valence-corrected chi connectivity index (χ3v) is 4.68. The minimum absolute atomic E-state index is 0.922. The van der Waals surface area contributed by atoms with Gasteiger partial charge in [0.25, 0.3) is 0 Å². The Balaban J connectivity index is 1.74. The van der Waals surface area contributed by atoms with Gasteiger partial charge in [0.15, 0.2) is 4.34 Å². The van der Waals surface area contributed by atoms with E-state index in [2.05, 4.69) is 46.7 Å². The van der Waals surface area contributed by atoms with E-state index in [-0.39, 0.29) is 0 Å². The van der Waals surface area contributed by atoms with Crippen LogP contribution in [0, 0.1) is 6.92 Å². The van der Waals surface area contributed by atoms with Gasteiger partial charge >= 0.3 is 0 Å². The smallest absolute Gasteiger partial charge is 0.208 e. The van der Waals surface area contributed by atoms with Crippen LogP contribution in [0.5, 0.6) is 0 Å². The van der Waals surface area contributed by atoms with Crippen LogP contribution in [0.4, 0.5) is 10.8 Å². The summed E-state index contributed by atoms with van der Waals surface area (Å²) >= 11 is 3.37. The molecule has 0 bridgehead atoms. The van der Waals surface area contributed by atoms with Crippen LogP contribution >= 0.6 is 23.1 Å². The molecule has 0 fully saturated rings. The molecule has 1 aromatic heterocycles. The summed E-state index contributed by atoms with van der Waals surface area (Å²) in [6, 6.07) is 8.41. The Hall–Kier alpha value is -1.27. The maximum Gasteiger partial charge on any atom is 0.208 e. The first-order valence-corrected chi connectivity index (χ1v) is 7.89. The maximum atomic E-state index is 4.16. The second kappa shape index (κ2) is 6.77. The van der Waals surface area contributed by atoms with E-state index in [4.69, 9.17) is 0 Å². The molecule has 0 spiro atoms. The number of rotatable bonds is 6. The van der Waals surface area contributed by atoms with Crippen molar-refractivity contribution in [2.24, 2.45) is 0 Å². The van der Waals surface area contributed by atoms with Crippen molar-refractivity contribution in [3.05, 3.63) is 29.8 Å². The lowest BCUT2D eigenvalue weighted by atomic mass is 10.2. The first-order chi connectivity index (χ1) is 9.15. The molecule has 0 atom stereocenters. The Labute approximate surface area is 122 Å². The van der Waals surface area contributed by atoms with Crippen molar-refractivity contribution < 1.29 is 0 Å². The number of aromatic nitrogens is 2. The van der Waals surface area contributed by atoms with Crippen molar-refractivity contribution in [3.63, 3.8) is 0 Å². The number of nitrogens with zero attached hydrogens (tertiary/aromatic N) is 3. The van der Waals surface area contributed by atoms with E-state index in [1.807, 2.05) is 19.0 Å². The van der Waals surface area contributed by atoms with Crippen molar-refractivity contribution in [2.45, 2.75) is 11.3 Å². The van der Waals surface area contributed by atoms with Gasteiger partial charge in [-0.15, -0.1) is 10.2 Å². The molecule has 6 heteroatoms. The van der Waals surface area contributed by atoms with Gasteiger partial charge in [-0.25, -0.2) is 0 Å². The summed E-state index contributed by atoms with van der Waals surface area (Å²) in [5.74, 6) is 0.982. The van der Waals surface area contributed by atoms with E-state index in [1.165, 1.54) is 11.3 Å². The average molecular weight is 294 g/mol. The second-order valence-corrected chi connectivity index (χ2v) is 6.69. The molecule has 102 valence electrons. The maximum absolute atomic E-state index is 4.16. The van der Waals surface area contributed by atoms with Crippen molar-refractivity contribution in [3.8, 4) is 0 Å². The van der Waals surface area contributed by atoms with Gasteiger partial charge in [0.2, 0.25) is 5.13 Å². The fourth-order valence-corrected chi connectivity index (χ4v) is 3.22. The summed E-state index contributed by atoms with van der Waals surface area (Å²) < 4.78 is 1.02. The van der Waals surface area contributed by atoms with Crippen LogP contribution in [-0.2, 0) is 0 Å². The molecule has 0 aliphatic heterocycles. The Morgan fingerprint density at radius 2 is 2.16 bits per heavy atom. The van der Waals surface area contributed by atoms with Crippen LogP contribution in [-0.4, -0.2) is 36.6 Å². The quantitative estimate of drug-likeness (QED) is 0.655. The minimum atomic E-state index is 0.922. The lowest BCUT2D eigenvalue weighted by Crippen LogP contribution is -2.07. The number of thioether (sulfide) groups is 1. The van der Waals surface area contributed by atoms with E-state index in [1.54, 1.807) is 23.1 Å². The highest BCUT2D eigenvalue weighted by Gasteiger charge is 2.05. The first kappa shape index (κ1) is 14.1. The predicted molar refractivity (Wildman–Crippen MR) is 84.6 cm³/mol. The van der Waals surface area contributed by atoms with E-state index in [0.717, 1.165) is 21.8 Å². The molecule has 19 heavy (non-hydrogen) atoms. The molecule has 0 saturated carbocycles. The Kier molecular flexibility index (Phi) is 5.04. The van der Waals surface area contributed by atoms with Crippen LogP contribution in [0.3, 0.4) is 0 Å². The Bertz CT molecular complexity index is 525. The van der Waals surface area contributed by atoms with Gasteiger partial charge in [-0.2, -0.15) is 0 Å². The summed E-state index contributed by atoms with van der Waals surface area (Å²) in [4.78, 5) is 1.98. The molecule has 1 aromatic carbocycles. The summed E-state index contributed by atoms with van der Waals surface area (Å²) in [7, 11) is 3.96. The molecule has 2 aromatic rings. The summed E-state index contributed by atoms with van der Waals surface area (Å²) in [6.07, 6.45) is 0. The molecule has 1 heterocycles. The molecule has 0 unspecified atom stereocenters. The van der Waals surface area contributed by atoms with Gasteiger partial charge in [-0.05, 0) is 24.6 Å². The topological polar surface area (TPSA) is 41.1 Å². The van der Waals surface area contributed by atoms with Crippen LogP contribution < -0.4 is 10.2 Å². The molecule has 1 N–H and O–H groups in total. The summed E-state index contributed by atoms with van der Waals surface area (Å²) in [6.45, 7) is 3.02. The number of benzene rings is 1. The van der Waals surface area contributed by atoms with Crippen molar-refractivity contribution in [1.29, 1.82) is 0 Å². The van der Waals surface area contributed by atoms with Gasteiger partial charge in [-0.3, -0.25) is 0 Å². The first-order valence-electron chi connectivity index (χ1n) is 6.09. The zero-order valence-corrected chi connectivity index (χ0v) is 13.0. The van der Waals surface area contributed by atoms with Crippen LogP contribution in [0.1, 0.15) is 5.56 Å². The van der Waals surface area contributed by atoms with Crippen LogP contribution in [0.15, 0.2) is 28.6 Å². The highest BCUT2D eigenvalue weighted by Crippen LogP contribution is 2.26. The standard InChI is InChI=1S/C13H18N4S2/c1-10-5-4-6-11(9-10)14-7-8-18-13-16-15-12(19-13)17(2)3/h4-6,9,14H,7-8H2,1-3H3. The van der Waals surface area contributed by atoms with Crippen molar-refractivity contribution in [2.75, 3.05) is 36.6 Å². The molecule has 0 amide bonds. The van der Waals surface area contributed by atoms with Gasteiger partial charge in [0.05, 0.1) is 0 Å². The Morgan fingerprint density at radius 3 is 2.84 bits per heavy atom. The average Bonchev–Trinajstić information content (AvgIpc) is 2.84. The molecular weight excluding hydrogens is 276 g/mol. The molecule has 0 radical (unpaired) electrons. The second-order valence-electron chi connectivity index (χ2n) is 4.39. The zero-order valence-electron chi connectivity index (χ0n) is 11.4. The van der Waals surface area contributed by atoms with Gasteiger partial charge < -0.3 is 10.2 Å². The van der Waals surface area contributed by atoms with E-state index in [9.17, 15) is 0 Å². The summed E-state index contributed by atoms with van der Waals surface area (Å²) in [5.41, 5.74) is 2.45. The highest BCUT2D eigenvalue weighted by molar-refractivity contribution is 8.01. The SMILES string of the molecule is Cc1cccc(NCCSc2nnc(N(C)C)s2)c1. The largest absolute Gasteiger partial charge is 0.384 e. The number of hydrogen-bond acceptors (Lipinski definition) is 6.